The second-order valence-corrected chi connectivity index (χ2v) is 6.57. The van der Waals surface area contributed by atoms with Gasteiger partial charge in [-0.2, -0.15) is 0 Å². The van der Waals surface area contributed by atoms with Crippen molar-refractivity contribution >= 4 is 5.91 Å². The first-order valence-electron chi connectivity index (χ1n) is 8.49. The zero-order chi connectivity index (χ0) is 17.2. The van der Waals surface area contributed by atoms with E-state index >= 15 is 0 Å². The Morgan fingerprint density at radius 3 is 2.68 bits per heavy atom. The van der Waals surface area contributed by atoms with E-state index in [0.29, 0.717) is 19.5 Å². The number of likely N-dealkylation sites (tertiary alicyclic amines) is 1. The van der Waals surface area contributed by atoms with Crippen molar-refractivity contribution in [3.8, 4) is 11.3 Å². The summed E-state index contributed by atoms with van der Waals surface area (Å²) >= 11 is 0. The molecule has 5 nitrogen and oxygen atoms in total. The van der Waals surface area contributed by atoms with Gasteiger partial charge >= 0.3 is 0 Å². The summed E-state index contributed by atoms with van der Waals surface area (Å²) in [5, 5.41) is 8.48. The lowest BCUT2D eigenvalue weighted by molar-refractivity contribution is -0.136. The fourth-order valence-corrected chi connectivity index (χ4v) is 3.13. The maximum atomic E-state index is 12.4. The van der Waals surface area contributed by atoms with Crippen LogP contribution in [0, 0.1) is 6.92 Å². The molecule has 3 aromatic rings. The van der Waals surface area contributed by atoms with Crippen LogP contribution in [0.1, 0.15) is 17.2 Å². The highest BCUT2D eigenvalue weighted by Gasteiger charge is 2.32. The molecule has 4 rings (SSSR count). The smallest absolute Gasteiger partial charge is 0.227 e. The highest BCUT2D eigenvalue weighted by molar-refractivity contribution is 5.79. The molecule has 5 heteroatoms. The van der Waals surface area contributed by atoms with Gasteiger partial charge in [0.1, 0.15) is 5.69 Å². The summed E-state index contributed by atoms with van der Waals surface area (Å²) in [5.74, 6) is 0.172. The van der Waals surface area contributed by atoms with Crippen molar-refractivity contribution < 1.29 is 4.79 Å². The minimum Gasteiger partial charge on any atom is -0.338 e. The summed E-state index contributed by atoms with van der Waals surface area (Å²) in [6, 6.07) is 18.3. The van der Waals surface area contributed by atoms with Crippen LogP contribution in [-0.2, 0) is 11.2 Å². The molecule has 0 radical (unpaired) electrons. The number of benzene rings is 2. The number of hydrogen-bond donors (Lipinski definition) is 0. The first kappa shape index (κ1) is 15.6. The number of nitrogens with zero attached hydrogens (tertiary/aromatic N) is 4. The Labute approximate surface area is 146 Å². The number of aromatic nitrogens is 3. The van der Waals surface area contributed by atoms with E-state index in [1.807, 2.05) is 71.2 Å². The zero-order valence-corrected chi connectivity index (χ0v) is 14.2. The first-order valence-corrected chi connectivity index (χ1v) is 8.49. The summed E-state index contributed by atoms with van der Waals surface area (Å²) in [6.45, 7) is 3.44. The molecule has 2 aromatic carbocycles. The van der Waals surface area contributed by atoms with Crippen LogP contribution in [0.4, 0.5) is 0 Å². The molecule has 0 unspecified atom stereocenters. The summed E-state index contributed by atoms with van der Waals surface area (Å²) in [4.78, 5) is 14.3. The van der Waals surface area contributed by atoms with Crippen LogP contribution >= 0.6 is 0 Å². The van der Waals surface area contributed by atoms with Crippen LogP contribution in [0.5, 0.6) is 0 Å². The zero-order valence-electron chi connectivity index (χ0n) is 14.2. The average molecular weight is 332 g/mol. The maximum absolute atomic E-state index is 12.4. The molecule has 1 aliphatic rings. The third kappa shape index (κ3) is 3.31. The topological polar surface area (TPSA) is 51.0 Å². The third-order valence-corrected chi connectivity index (χ3v) is 4.61. The summed E-state index contributed by atoms with van der Waals surface area (Å²) < 4.78 is 1.87. The second-order valence-electron chi connectivity index (χ2n) is 6.57. The van der Waals surface area contributed by atoms with Crippen molar-refractivity contribution in [2.75, 3.05) is 13.1 Å². The molecular formula is C20H20N4O. The monoisotopic (exact) mass is 332 g/mol. The maximum Gasteiger partial charge on any atom is 0.227 e. The quantitative estimate of drug-likeness (QED) is 0.738. The van der Waals surface area contributed by atoms with E-state index in [4.69, 9.17) is 0 Å². The van der Waals surface area contributed by atoms with E-state index in [2.05, 4.69) is 16.4 Å². The standard InChI is InChI=1S/C20H20N4O/c1-15-6-5-7-16(10-15)11-20(25)23-12-18(13-23)24-14-19(21-22-24)17-8-3-2-4-9-17/h2-10,14,18H,11-13H2,1H3. The molecule has 1 aliphatic heterocycles. The molecule has 126 valence electrons. The van der Waals surface area contributed by atoms with Gasteiger partial charge in [-0.25, -0.2) is 4.68 Å². The predicted octanol–water partition coefficient (Wildman–Crippen LogP) is 2.88. The van der Waals surface area contributed by atoms with Gasteiger partial charge in [0.05, 0.1) is 18.7 Å². The fourth-order valence-electron chi connectivity index (χ4n) is 3.13. The van der Waals surface area contributed by atoms with Crippen molar-refractivity contribution in [2.45, 2.75) is 19.4 Å². The van der Waals surface area contributed by atoms with Gasteiger partial charge in [0.25, 0.3) is 0 Å². The van der Waals surface area contributed by atoms with Crippen LogP contribution in [0.3, 0.4) is 0 Å². The lowest BCUT2D eigenvalue weighted by Crippen LogP contribution is -2.51. The molecule has 2 heterocycles. The second kappa shape index (κ2) is 6.51. The minimum atomic E-state index is 0.172. The van der Waals surface area contributed by atoms with Crippen molar-refractivity contribution in [3.63, 3.8) is 0 Å². The summed E-state index contributed by atoms with van der Waals surface area (Å²) in [7, 11) is 0. The number of aryl methyl sites for hydroxylation is 1. The third-order valence-electron chi connectivity index (χ3n) is 4.61. The lowest BCUT2D eigenvalue weighted by Gasteiger charge is -2.39. The molecule has 0 spiro atoms. The molecule has 0 bridgehead atoms. The summed E-state index contributed by atoms with van der Waals surface area (Å²) in [5.41, 5.74) is 4.18. The van der Waals surface area contributed by atoms with E-state index in [0.717, 1.165) is 16.8 Å². The van der Waals surface area contributed by atoms with Gasteiger partial charge in [0.15, 0.2) is 0 Å². The van der Waals surface area contributed by atoms with E-state index in [9.17, 15) is 4.79 Å². The molecule has 0 aliphatic carbocycles. The van der Waals surface area contributed by atoms with Gasteiger partial charge in [0.2, 0.25) is 5.91 Å². The van der Waals surface area contributed by atoms with Gasteiger partial charge in [-0.05, 0) is 12.5 Å². The Morgan fingerprint density at radius 1 is 1.12 bits per heavy atom. The lowest BCUT2D eigenvalue weighted by atomic mass is 10.0. The Hall–Kier alpha value is -2.95. The Balaban J connectivity index is 1.36. The van der Waals surface area contributed by atoms with E-state index in [-0.39, 0.29) is 11.9 Å². The van der Waals surface area contributed by atoms with E-state index < -0.39 is 0 Å². The molecule has 0 N–H and O–H groups in total. The van der Waals surface area contributed by atoms with Gasteiger partial charge in [0, 0.05) is 18.7 Å². The minimum absolute atomic E-state index is 0.172. The molecule has 0 atom stereocenters. The van der Waals surface area contributed by atoms with Crippen LogP contribution in [0.2, 0.25) is 0 Å². The molecular weight excluding hydrogens is 312 g/mol. The normalized spacial score (nSPS) is 14.4. The average Bonchev–Trinajstić information content (AvgIpc) is 3.04. The number of carbonyl (C=O) groups excluding carboxylic acids is 1. The van der Waals surface area contributed by atoms with Crippen LogP contribution in [-0.4, -0.2) is 38.9 Å². The van der Waals surface area contributed by atoms with Crippen LogP contribution in [0.25, 0.3) is 11.3 Å². The largest absolute Gasteiger partial charge is 0.338 e. The Morgan fingerprint density at radius 2 is 1.92 bits per heavy atom. The highest BCUT2D eigenvalue weighted by atomic mass is 16.2. The van der Waals surface area contributed by atoms with Crippen molar-refractivity contribution in [2.24, 2.45) is 0 Å². The number of carbonyl (C=O) groups is 1. The molecule has 1 saturated heterocycles. The molecule has 1 amide bonds. The molecule has 25 heavy (non-hydrogen) atoms. The molecule has 0 saturated carbocycles. The van der Waals surface area contributed by atoms with Crippen molar-refractivity contribution in [1.29, 1.82) is 0 Å². The van der Waals surface area contributed by atoms with Crippen molar-refractivity contribution in [3.05, 3.63) is 71.9 Å². The first-order chi connectivity index (χ1) is 12.2. The molecule has 1 aromatic heterocycles. The predicted molar refractivity (Wildman–Crippen MR) is 96.0 cm³/mol. The highest BCUT2D eigenvalue weighted by Crippen LogP contribution is 2.24. The van der Waals surface area contributed by atoms with Crippen molar-refractivity contribution in [1.82, 2.24) is 19.9 Å². The fraction of sp³-hybridized carbons (Fsp3) is 0.250. The van der Waals surface area contributed by atoms with Gasteiger partial charge in [-0.3, -0.25) is 4.79 Å². The van der Waals surface area contributed by atoms with Crippen LogP contribution < -0.4 is 0 Å². The van der Waals surface area contributed by atoms with E-state index in [1.165, 1.54) is 5.56 Å². The Bertz CT molecular complexity index is 881. The van der Waals surface area contributed by atoms with Gasteiger partial charge in [-0.1, -0.05) is 65.4 Å². The number of hydrogen-bond acceptors (Lipinski definition) is 3. The van der Waals surface area contributed by atoms with Gasteiger partial charge < -0.3 is 4.90 Å². The van der Waals surface area contributed by atoms with Crippen LogP contribution in [0.15, 0.2) is 60.8 Å². The number of rotatable bonds is 4. The van der Waals surface area contributed by atoms with Gasteiger partial charge in [-0.15, -0.1) is 5.10 Å². The Kier molecular flexibility index (Phi) is 4.06. The molecule has 1 fully saturated rings. The SMILES string of the molecule is Cc1cccc(CC(=O)N2CC(n3cc(-c4ccccc4)nn3)C2)c1. The number of amides is 1. The van der Waals surface area contributed by atoms with E-state index in [1.54, 1.807) is 0 Å². The summed E-state index contributed by atoms with van der Waals surface area (Å²) in [6.07, 6.45) is 2.42.